The molecule has 1 N–H and O–H groups in total. The van der Waals surface area contributed by atoms with Gasteiger partial charge in [-0.3, -0.25) is 4.90 Å². The molecule has 114 valence electrons. The highest BCUT2D eigenvalue weighted by molar-refractivity contribution is 5.34. The summed E-state index contributed by atoms with van der Waals surface area (Å²) < 4.78 is 7.79. The molecule has 1 aliphatic heterocycles. The van der Waals surface area contributed by atoms with E-state index in [4.69, 9.17) is 10.00 Å². The number of rotatable bonds is 5. The van der Waals surface area contributed by atoms with Crippen LogP contribution < -0.4 is 5.32 Å². The molecule has 0 unspecified atom stereocenters. The van der Waals surface area contributed by atoms with Crippen LogP contribution in [0.25, 0.3) is 0 Å². The van der Waals surface area contributed by atoms with Gasteiger partial charge >= 0.3 is 0 Å². The SMILES string of the molecule is Cc1c(CNC[C@@H]2CN(C3CC3)CCO2)cc(C#N)n1C. The van der Waals surface area contributed by atoms with E-state index in [0.29, 0.717) is 6.10 Å². The van der Waals surface area contributed by atoms with E-state index < -0.39 is 0 Å². The lowest BCUT2D eigenvalue weighted by Gasteiger charge is -2.33. The molecule has 2 heterocycles. The van der Waals surface area contributed by atoms with Crippen molar-refractivity contribution < 1.29 is 4.74 Å². The van der Waals surface area contributed by atoms with Crippen LogP contribution in [-0.2, 0) is 18.3 Å². The molecule has 21 heavy (non-hydrogen) atoms. The van der Waals surface area contributed by atoms with Crippen LogP contribution in [0.4, 0.5) is 0 Å². The summed E-state index contributed by atoms with van der Waals surface area (Å²) >= 11 is 0. The quantitative estimate of drug-likeness (QED) is 0.883. The first-order valence-electron chi connectivity index (χ1n) is 7.80. The molecule has 1 saturated carbocycles. The number of nitriles is 1. The number of morpholine rings is 1. The maximum absolute atomic E-state index is 9.06. The van der Waals surface area contributed by atoms with Crippen molar-refractivity contribution in [3.8, 4) is 6.07 Å². The predicted octanol–water partition coefficient (Wildman–Crippen LogP) is 1.16. The first kappa shape index (κ1) is 14.6. The Morgan fingerprint density at radius 2 is 2.29 bits per heavy atom. The van der Waals surface area contributed by atoms with Gasteiger partial charge in [0.25, 0.3) is 0 Å². The fourth-order valence-electron chi connectivity index (χ4n) is 3.05. The molecule has 0 radical (unpaired) electrons. The van der Waals surface area contributed by atoms with E-state index in [1.54, 1.807) is 0 Å². The van der Waals surface area contributed by atoms with E-state index in [0.717, 1.165) is 50.2 Å². The Morgan fingerprint density at radius 3 is 2.95 bits per heavy atom. The van der Waals surface area contributed by atoms with Gasteiger partial charge in [-0.25, -0.2) is 0 Å². The molecule has 2 aliphatic rings. The van der Waals surface area contributed by atoms with Gasteiger partial charge in [0.1, 0.15) is 11.8 Å². The summed E-state index contributed by atoms with van der Waals surface area (Å²) in [5.74, 6) is 0. The Bertz CT molecular complexity index is 541. The van der Waals surface area contributed by atoms with Crippen LogP contribution in [-0.4, -0.2) is 47.9 Å². The summed E-state index contributed by atoms with van der Waals surface area (Å²) in [4.78, 5) is 2.57. The Morgan fingerprint density at radius 1 is 1.48 bits per heavy atom. The van der Waals surface area contributed by atoms with Gasteiger partial charge in [0.15, 0.2) is 0 Å². The van der Waals surface area contributed by atoms with Gasteiger partial charge in [0, 0.05) is 45.0 Å². The van der Waals surface area contributed by atoms with Gasteiger partial charge in [-0.05, 0) is 31.4 Å². The molecule has 1 aromatic heterocycles. The predicted molar refractivity (Wildman–Crippen MR) is 80.9 cm³/mol. The number of hydrogen-bond donors (Lipinski definition) is 1. The molecule has 2 fully saturated rings. The normalized spacial score (nSPS) is 23.2. The summed E-state index contributed by atoms with van der Waals surface area (Å²) in [6, 6.07) is 5.02. The molecule has 3 rings (SSSR count). The molecule has 5 nitrogen and oxygen atoms in total. The van der Waals surface area contributed by atoms with Crippen LogP contribution in [0.5, 0.6) is 0 Å². The molecule has 0 spiro atoms. The fraction of sp³-hybridized carbons (Fsp3) is 0.688. The minimum absolute atomic E-state index is 0.291. The number of nitrogens with one attached hydrogen (secondary N) is 1. The lowest BCUT2D eigenvalue weighted by Crippen LogP contribution is -2.47. The first-order chi connectivity index (χ1) is 10.2. The third-order valence-electron chi connectivity index (χ3n) is 4.68. The maximum Gasteiger partial charge on any atom is 0.120 e. The highest BCUT2D eigenvalue weighted by atomic mass is 16.5. The van der Waals surface area contributed by atoms with Crippen molar-refractivity contribution in [2.24, 2.45) is 7.05 Å². The van der Waals surface area contributed by atoms with Gasteiger partial charge in [-0.15, -0.1) is 0 Å². The summed E-state index contributed by atoms with van der Waals surface area (Å²) in [5, 5.41) is 12.5. The lowest BCUT2D eigenvalue weighted by molar-refractivity contribution is -0.0301. The van der Waals surface area contributed by atoms with E-state index in [-0.39, 0.29) is 0 Å². The van der Waals surface area contributed by atoms with Crippen LogP contribution in [0.3, 0.4) is 0 Å². The van der Waals surface area contributed by atoms with Gasteiger partial charge in [-0.2, -0.15) is 5.26 Å². The number of aromatic nitrogens is 1. The Labute approximate surface area is 126 Å². The average molecular weight is 288 g/mol. The van der Waals surface area contributed by atoms with Crippen LogP contribution in [0, 0.1) is 18.3 Å². The summed E-state index contributed by atoms with van der Waals surface area (Å²) in [5.41, 5.74) is 3.07. The molecule has 0 aromatic carbocycles. The van der Waals surface area contributed by atoms with Crippen molar-refractivity contribution in [1.29, 1.82) is 5.26 Å². The van der Waals surface area contributed by atoms with Crippen molar-refractivity contribution >= 4 is 0 Å². The van der Waals surface area contributed by atoms with Crippen LogP contribution in [0.1, 0.15) is 29.8 Å². The van der Waals surface area contributed by atoms with Crippen molar-refractivity contribution in [3.05, 3.63) is 23.0 Å². The van der Waals surface area contributed by atoms with Crippen LogP contribution >= 0.6 is 0 Å². The van der Waals surface area contributed by atoms with E-state index >= 15 is 0 Å². The second-order valence-electron chi connectivity index (χ2n) is 6.16. The van der Waals surface area contributed by atoms with Crippen molar-refractivity contribution in [2.45, 2.75) is 38.5 Å². The van der Waals surface area contributed by atoms with Gasteiger partial charge in [-0.1, -0.05) is 0 Å². The van der Waals surface area contributed by atoms with E-state index in [1.165, 1.54) is 18.4 Å². The molecule has 0 amide bonds. The third kappa shape index (κ3) is 3.29. The smallest absolute Gasteiger partial charge is 0.120 e. The third-order valence-corrected chi connectivity index (χ3v) is 4.68. The van der Waals surface area contributed by atoms with Crippen molar-refractivity contribution in [1.82, 2.24) is 14.8 Å². The Hall–Kier alpha value is -1.35. The number of ether oxygens (including phenoxy) is 1. The second-order valence-corrected chi connectivity index (χ2v) is 6.16. The summed E-state index contributed by atoms with van der Waals surface area (Å²) in [6.07, 6.45) is 3.01. The van der Waals surface area contributed by atoms with Crippen LogP contribution in [0.2, 0.25) is 0 Å². The van der Waals surface area contributed by atoms with Gasteiger partial charge in [0.05, 0.1) is 12.7 Å². The fourth-order valence-corrected chi connectivity index (χ4v) is 3.05. The van der Waals surface area contributed by atoms with Gasteiger partial charge in [0.2, 0.25) is 0 Å². The second kappa shape index (κ2) is 6.18. The number of nitrogens with zero attached hydrogens (tertiary/aromatic N) is 3. The van der Waals surface area contributed by atoms with Crippen molar-refractivity contribution in [3.63, 3.8) is 0 Å². The van der Waals surface area contributed by atoms with Gasteiger partial charge < -0.3 is 14.6 Å². The maximum atomic E-state index is 9.06. The molecule has 5 heteroatoms. The highest BCUT2D eigenvalue weighted by Crippen LogP contribution is 2.28. The number of hydrogen-bond acceptors (Lipinski definition) is 4. The molecule has 1 aromatic rings. The zero-order valence-corrected chi connectivity index (χ0v) is 12.9. The molecular formula is C16H24N4O. The largest absolute Gasteiger partial charge is 0.374 e. The highest BCUT2D eigenvalue weighted by Gasteiger charge is 2.32. The first-order valence-corrected chi connectivity index (χ1v) is 7.80. The molecule has 1 aliphatic carbocycles. The van der Waals surface area contributed by atoms with E-state index in [1.807, 2.05) is 17.7 Å². The molecule has 1 saturated heterocycles. The molecule has 1 atom stereocenters. The Kier molecular flexibility index (Phi) is 4.29. The zero-order valence-electron chi connectivity index (χ0n) is 12.9. The average Bonchev–Trinajstić information content (AvgIpc) is 3.31. The minimum Gasteiger partial charge on any atom is -0.374 e. The van der Waals surface area contributed by atoms with E-state index in [9.17, 15) is 0 Å². The lowest BCUT2D eigenvalue weighted by atomic mass is 10.2. The zero-order chi connectivity index (χ0) is 14.8. The summed E-state index contributed by atoms with van der Waals surface area (Å²) in [6.45, 7) is 6.72. The van der Waals surface area contributed by atoms with E-state index in [2.05, 4.69) is 23.2 Å². The Balaban J connectivity index is 1.48. The summed E-state index contributed by atoms with van der Waals surface area (Å²) in [7, 11) is 1.94. The van der Waals surface area contributed by atoms with Crippen LogP contribution in [0.15, 0.2) is 6.07 Å². The molecular weight excluding hydrogens is 264 g/mol. The molecule has 0 bridgehead atoms. The monoisotopic (exact) mass is 288 g/mol. The van der Waals surface area contributed by atoms with Crippen molar-refractivity contribution in [2.75, 3.05) is 26.2 Å². The minimum atomic E-state index is 0.291. The topological polar surface area (TPSA) is 53.2 Å². The standard InChI is InChI=1S/C16H24N4O/c1-12-13(7-15(8-17)19(12)2)9-18-10-16-11-20(5-6-21-16)14-3-4-14/h7,14,16,18H,3-6,9-11H2,1-2H3/t16-/m1/s1.